The normalized spacial score (nSPS) is 12.0. The van der Waals surface area contributed by atoms with Crippen molar-refractivity contribution in [2.24, 2.45) is 0 Å². The minimum atomic E-state index is -0.890. The van der Waals surface area contributed by atoms with E-state index in [4.69, 9.17) is 11.6 Å². The fraction of sp³-hybridized carbons (Fsp3) is 0.188. The molecule has 0 bridgehead atoms. The highest BCUT2D eigenvalue weighted by Crippen LogP contribution is 2.16. The minimum Gasteiger partial charge on any atom is -0.387 e. The third kappa shape index (κ3) is 4.51. The van der Waals surface area contributed by atoms with E-state index in [0.29, 0.717) is 10.6 Å². The molecule has 2 aromatic carbocycles. The molecule has 0 aliphatic carbocycles. The number of carbonyl (C=O) groups is 1. The van der Waals surface area contributed by atoms with Gasteiger partial charge in [0.15, 0.2) is 0 Å². The highest BCUT2D eigenvalue weighted by molar-refractivity contribution is 6.30. The van der Waals surface area contributed by atoms with Crippen LogP contribution in [0.2, 0.25) is 5.02 Å². The Hall–Kier alpha value is -1.98. The zero-order chi connectivity index (χ0) is 16.1. The van der Waals surface area contributed by atoms with Crippen molar-refractivity contribution >= 4 is 17.5 Å². The lowest BCUT2D eigenvalue weighted by Crippen LogP contribution is -2.29. The van der Waals surface area contributed by atoms with Crippen molar-refractivity contribution in [1.29, 1.82) is 0 Å². The summed E-state index contributed by atoms with van der Waals surface area (Å²) < 4.78 is 26.2. The Balaban J connectivity index is 1.88. The maximum Gasteiger partial charge on any atom is 0.224 e. The van der Waals surface area contributed by atoms with Gasteiger partial charge in [-0.05, 0) is 29.3 Å². The van der Waals surface area contributed by atoms with Gasteiger partial charge in [-0.1, -0.05) is 29.8 Å². The van der Waals surface area contributed by atoms with Crippen molar-refractivity contribution < 1.29 is 18.7 Å². The van der Waals surface area contributed by atoms with Gasteiger partial charge in [-0.15, -0.1) is 0 Å². The summed E-state index contributed by atoms with van der Waals surface area (Å²) in [6.45, 7) is -0.0106. The Labute approximate surface area is 131 Å². The van der Waals surface area contributed by atoms with Crippen molar-refractivity contribution in [3.63, 3.8) is 0 Å². The van der Waals surface area contributed by atoms with E-state index in [2.05, 4.69) is 5.32 Å². The summed E-state index contributed by atoms with van der Waals surface area (Å²) in [6.07, 6.45) is -1.11. The van der Waals surface area contributed by atoms with Gasteiger partial charge >= 0.3 is 0 Å². The second-order valence-electron chi connectivity index (χ2n) is 4.78. The van der Waals surface area contributed by atoms with Crippen LogP contribution in [-0.4, -0.2) is 17.6 Å². The van der Waals surface area contributed by atoms with Gasteiger partial charge in [-0.25, -0.2) is 8.78 Å². The average molecular weight is 326 g/mol. The molecule has 0 fully saturated rings. The number of hydrogen-bond donors (Lipinski definition) is 2. The second kappa shape index (κ2) is 7.33. The van der Waals surface area contributed by atoms with Crippen LogP contribution in [0.3, 0.4) is 0 Å². The van der Waals surface area contributed by atoms with Gasteiger partial charge < -0.3 is 10.4 Å². The molecule has 116 valence electrons. The third-order valence-corrected chi connectivity index (χ3v) is 3.37. The smallest absolute Gasteiger partial charge is 0.224 e. The van der Waals surface area contributed by atoms with Gasteiger partial charge in [0.1, 0.15) is 11.6 Å². The van der Waals surface area contributed by atoms with E-state index in [1.54, 1.807) is 24.3 Å². The first-order chi connectivity index (χ1) is 10.5. The van der Waals surface area contributed by atoms with E-state index in [-0.39, 0.29) is 18.5 Å². The standard InChI is InChI=1S/C16H14ClF2NO2/c17-12-4-1-10(2-5-12)15(21)9-20-16(22)7-11-3-6-13(18)8-14(11)19/h1-6,8,15,21H,7,9H2,(H,20,22). The van der Waals surface area contributed by atoms with E-state index >= 15 is 0 Å². The van der Waals surface area contributed by atoms with Crippen LogP contribution in [-0.2, 0) is 11.2 Å². The van der Waals surface area contributed by atoms with Crippen molar-refractivity contribution in [1.82, 2.24) is 5.32 Å². The molecule has 2 N–H and O–H groups in total. The topological polar surface area (TPSA) is 49.3 Å². The molecule has 1 unspecified atom stereocenters. The quantitative estimate of drug-likeness (QED) is 0.888. The Bertz CT molecular complexity index is 662. The summed E-state index contributed by atoms with van der Waals surface area (Å²) in [4.78, 5) is 11.7. The number of aliphatic hydroxyl groups is 1. The second-order valence-corrected chi connectivity index (χ2v) is 5.22. The molecule has 0 saturated carbocycles. The molecule has 2 aromatic rings. The number of nitrogens with one attached hydrogen (secondary N) is 1. The number of aliphatic hydroxyl groups excluding tert-OH is 1. The summed E-state index contributed by atoms with van der Waals surface area (Å²) in [6, 6.07) is 9.61. The van der Waals surface area contributed by atoms with E-state index in [0.717, 1.165) is 12.1 Å². The molecule has 22 heavy (non-hydrogen) atoms. The maximum atomic E-state index is 13.4. The lowest BCUT2D eigenvalue weighted by molar-refractivity contribution is -0.120. The van der Waals surface area contributed by atoms with Crippen LogP contribution < -0.4 is 5.32 Å². The van der Waals surface area contributed by atoms with Crippen LogP contribution >= 0.6 is 11.6 Å². The van der Waals surface area contributed by atoms with E-state index in [1.807, 2.05) is 0 Å². The molecule has 1 amide bonds. The molecule has 0 radical (unpaired) electrons. The third-order valence-electron chi connectivity index (χ3n) is 3.11. The van der Waals surface area contributed by atoms with Crippen LogP contribution in [0.15, 0.2) is 42.5 Å². The summed E-state index contributed by atoms with van der Waals surface area (Å²) in [5.74, 6) is -1.92. The number of rotatable bonds is 5. The fourth-order valence-electron chi connectivity index (χ4n) is 1.91. The van der Waals surface area contributed by atoms with E-state index < -0.39 is 23.6 Å². The van der Waals surface area contributed by atoms with Gasteiger partial charge in [0.2, 0.25) is 5.91 Å². The molecule has 0 saturated heterocycles. The summed E-state index contributed by atoms with van der Waals surface area (Å²) in [7, 11) is 0. The number of amides is 1. The van der Waals surface area contributed by atoms with Crippen LogP contribution in [0.4, 0.5) is 8.78 Å². The molecule has 1 atom stereocenters. The van der Waals surface area contributed by atoms with Gasteiger partial charge in [-0.2, -0.15) is 0 Å². The summed E-state index contributed by atoms with van der Waals surface area (Å²) in [5, 5.41) is 13.0. The summed E-state index contributed by atoms with van der Waals surface area (Å²) in [5.41, 5.74) is 0.706. The molecule has 0 aliphatic rings. The minimum absolute atomic E-state index is 0.0106. The molecular weight excluding hydrogens is 312 g/mol. The number of halogens is 3. The van der Waals surface area contributed by atoms with Gasteiger partial charge in [0.05, 0.1) is 12.5 Å². The predicted molar refractivity (Wildman–Crippen MR) is 79.5 cm³/mol. The van der Waals surface area contributed by atoms with Crippen LogP contribution in [0.5, 0.6) is 0 Å². The first-order valence-corrected chi connectivity index (χ1v) is 6.97. The maximum absolute atomic E-state index is 13.4. The molecule has 0 spiro atoms. The number of hydrogen-bond acceptors (Lipinski definition) is 2. The first-order valence-electron chi connectivity index (χ1n) is 6.60. The Morgan fingerprint density at radius 2 is 1.86 bits per heavy atom. The molecule has 2 rings (SSSR count). The lowest BCUT2D eigenvalue weighted by atomic mass is 10.1. The molecule has 6 heteroatoms. The van der Waals surface area contributed by atoms with E-state index in [9.17, 15) is 18.7 Å². The highest BCUT2D eigenvalue weighted by atomic mass is 35.5. The van der Waals surface area contributed by atoms with Crippen LogP contribution in [0, 0.1) is 11.6 Å². The average Bonchev–Trinajstić information content (AvgIpc) is 2.48. The van der Waals surface area contributed by atoms with Gasteiger partial charge in [0, 0.05) is 17.6 Å². The van der Waals surface area contributed by atoms with Crippen LogP contribution in [0.25, 0.3) is 0 Å². The largest absolute Gasteiger partial charge is 0.387 e. The van der Waals surface area contributed by atoms with Gasteiger partial charge in [-0.3, -0.25) is 4.79 Å². The molecule has 0 aliphatic heterocycles. The zero-order valence-electron chi connectivity index (χ0n) is 11.5. The Morgan fingerprint density at radius 3 is 2.50 bits per heavy atom. The zero-order valence-corrected chi connectivity index (χ0v) is 12.3. The summed E-state index contributed by atoms with van der Waals surface area (Å²) >= 11 is 5.75. The fourth-order valence-corrected chi connectivity index (χ4v) is 2.04. The van der Waals surface area contributed by atoms with Crippen molar-refractivity contribution in [2.75, 3.05) is 6.54 Å². The number of benzene rings is 2. The Kier molecular flexibility index (Phi) is 5.46. The predicted octanol–water partition coefficient (Wildman–Crippen LogP) is 3.01. The number of carbonyl (C=O) groups excluding carboxylic acids is 1. The first kappa shape index (κ1) is 16.4. The van der Waals surface area contributed by atoms with Crippen molar-refractivity contribution in [2.45, 2.75) is 12.5 Å². The van der Waals surface area contributed by atoms with Gasteiger partial charge in [0.25, 0.3) is 0 Å². The monoisotopic (exact) mass is 325 g/mol. The molecule has 0 heterocycles. The molecule has 3 nitrogen and oxygen atoms in total. The molecule has 0 aromatic heterocycles. The van der Waals surface area contributed by atoms with Crippen molar-refractivity contribution in [3.05, 3.63) is 70.2 Å². The van der Waals surface area contributed by atoms with Crippen molar-refractivity contribution in [3.8, 4) is 0 Å². The van der Waals surface area contributed by atoms with Crippen LogP contribution in [0.1, 0.15) is 17.2 Å². The highest BCUT2D eigenvalue weighted by Gasteiger charge is 2.12. The Morgan fingerprint density at radius 1 is 1.18 bits per heavy atom. The molecular formula is C16H14ClF2NO2. The SMILES string of the molecule is O=C(Cc1ccc(F)cc1F)NCC(O)c1ccc(Cl)cc1. The lowest BCUT2D eigenvalue weighted by Gasteiger charge is -2.12. The van der Waals surface area contributed by atoms with E-state index in [1.165, 1.54) is 6.07 Å².